The van der Waals surface area contributed by atoms with Gasteiger partial charge in [-0.05, 0) is 55.2 Å². The van der Waals surface area contributed by atoms with Crippen LogP contribution in [0.1, 0.15) is 73.9 Å². The Morgan fingerprint density at radius 1 is 1.07 bits per heavy atom. The molecule has 0 radical (unpaired) electrons. The van der Waals surface area contributed by atoms with Gasteiger partial charge in [-0.2, -0.15) is 0 Å². The number of likely N-dealkylation sites (tertiary alicyclic amines) is 1. The maximum absolute atomic E-state index is 12.4. The van der Waals surface area contributed by atoms with Crippen molar-refractivity contribution in [3.63, 3.8) is 0 Å². The number of ketones is 1. The number of fused-ring (bicyclic) bond motifs is 1. The number of aryl methyl sites for hydroxylation is 2. The van der Waals surface area contributed by atoms with Crippen molar-refractivity contribution in [2.45, 2.75) is 71.3 Å². The molecule has 1 fully saturated rings. The molecule has 1 N–H and O–H groups in total. The van der Waals surface area contributed by atoms with Crippen LogP contribution in [0.2, 0.25) is 0 Å². The first kappa shape index (κ1) is 20.6. The van der Waals surface area contributed by atoms with Gasteiger partial charge in [0.15, 0.2) is 5.78 Å². The summed E-state index contributed by atoms with van der Waals surface area (Å²) < 4.78 is 0. The van der Waals surface area contributed by atoms with E-state index in [2.05, 4.69) is 25.2 Å². The van der Waals surface area contributed by atoms with Gasteiger partial charge in [-0.3, -0.25) is 14.4 Å². The summed E-state index contributed by atoms with van der Waals surface area (Å²) in [6.07, 6.45) is 5.95. The van der Waals surface area contributed by atoms with Crippen molar-refractivity contribution in [2.75, 3.05) is 13.1 Å². The predicted octanol–water partition coefficient (Wildman–Crippen LogP) is 3.29. The van der Waals surface area contributed by atoms with E-state index in [0.717, 1.165) is 37.7 Å². The molecule has 0 spiro atoms. The lowest BCUT2D eigenvalue weighted by atomic mass is 10.0. The third-order valence-corrected chi connectivity index (χ3v) is 5.80. The molecule has 2 aliphatic rings. The van der Waals surface area contributed by atoms with Crippen molar-refractivity contribution in [2.24, 2.45) is 5.92 Å². The minimum absolute atomic E-state index is 0.0407. The Bertz CT molecular complexity index is 733. The zero-order valence-electron chi connectivity index (χ0n) is 17.1. The van der Waals surface area contributed by atoms with Crippen LogP contribution in [0.25, 0.3) is 0 Å². The van der Waals surface area contributed by atoms with E-state index in [9.17, 15) is 14.4 Å². The second kappa shape index (κ2) is 9.35. The Kier molecular flexibility index (Phi) is 6.87. The fraction of sp³-hybridized carbons (Fsp3) is 0.609. The molecule has 5 heteroatoms. The molecule has 1 aromatic rings. The number of nitrogens with one attached hydrogen (secondary N) is 1. The Morgan fingerprint density at radius 2 is 1.79 bits per heavy atom. The number of carbonyl (C=O) groups is 3. The molecular weight excluding hydrogens is 352 g/mol. The molecule has 0 unspecified atom stereocenters. The number of nitrogens with zero attached hydrogens (tertiary/aromatic N) is 1. The molecule has 28 heavy (non-hydrogen) atoms. The van der Waals surface area contributed by atoms with Crippen molar-refractivity contribution in [1.82, 2.24) is 10.2 Å². The van der Waals surface area contributed by atoms with Crippen molar-refractivity contribution < 1.29 is 14.4 Å². The molecule has 1 aliphatic heterocycles. The molecule has 1 aromatic carbocycles. The number of rotatable bonds is 7. The number of hydrogen-bond acceptors (Lipinski definition) is 3. The van der Waals surface area contributed by atoms with Crippen LogP contribution in [0.15, 0.2) is 18.2 Å². The fourth-order valence-electron chi connectivity index (χ4n) is 4.17. The van der Waals surface area contributed by atoms with E-state index in [-0.39, 0.29) is 36.5 Å². The summed E-state index contributed by atoms with van der Waals surface area (Å²) in [6, 6.07) is 6.07. The van der Waals surface area contributed by atoms with Gasteiger partial charge in [-0.1, -0.05) is 26.0 Å². The van der Waals surface area contributed by atoms with Gasteiger partial charge in [0.05, 0.1) is 0 Å². The van der Waals surface area contributed by atoms with Crippen LogP contribution in [0.4, 0.5) is 0 Å². The molecular formula is C23H32N2O3. The normalized spacial score (nSPS) is 16.9. The summed E-state index contributed by atoms with van der Waals surface area (Å²) in [7, 11) is 0. The van der Waals surface area contributed by atoms with E-state index in [1.165, 1.54) is 11.1 Å². The van der Waals surface area contributed by atoms with Gasteiger partial charge in [0.25, 0.3) is 0 Å². The van der Waals surface area contributed by atoms with Crippen LogP contribution < -0.4 is 5.32 Å². The first-order valence-corrected chi connectivity index (χ1v) is 10.6. The van der Waals surface area contributed by atoms with Crippen LogP contribution in [-0.2, 0) is 22.4 Å². The predicted molar refractivity (Wildman–Crippen MR) is 109 cm³/mol. The van der Waals surface area contributed by atoms with Crippen LogP contribution in [0.5, 0.6) is 0 Å². The van der Waals surface area contributed by atoms with E-state index in [4.69, 9.17) is 0 Å². The van der Waals surface area contributed by atoms with Gasteiger partial charge in [0.1, 0.15) is 0 Å². The van der Waals surface area contributed by atoms with E-state index in [1.54, 1.807) is 0 Å². The lowest BCUT2D eigenvalue weighted by Gasteiger charge is -2.32. The largest absolute Gasteiger partial charge is 0.353 e. The van der Waals surface area contributed by atoms with Crippen LogP contribution in [0, 0.1) is 5.92 Å². The minimum atomic E-state index is -0.0681. The summed E-state index contributed by atoms with van der Waals surface area (Å²) in [5.41, 5.74) is 3.37. The Hall–Kier alpha value is -2.17. The molecule has 3 rings (SSSR count). The van der Waals surface area contributed by atoms with E-state index < -0.39 is 0 Å². The van der Waals surface area contributed by atoms with Gasteiger partial charge in [0.2, 0.25) is 11.8 Å². The smallest absolute Gasteiger partial charge is 0.222 e. The van der Waals surface area contributed by atoms with Crippen molar-refractivity contribution in [3.8, 4) is 0 Å². The Morgan fingerprint density at radius 3 is 2.50 bits per heavy atom. The molecule has 1 saturated heterocycles. The average Bonchev–Trinajstić information content (AvgIpc) is 3.14. The highest BCUT2D eigenvalue weighted by atomic mass is 16.2. The van der Waals surface area contributed by atoms with E-state index in [0.29, 0.717) is 25.4 Å². The van der Waals surface area contributed by atoms with Gasteiger partial charge < -0.3 is 10.2 Å². The van der Waals surface area contributed by atoms with Crippen LogP contribution in [-0.4, -0.2) is 41.6 Å². The second-order valence-electron chi connectivity index (χ2n) is 8.58. The molecule has 0 atom stereocenters. The summed E-state index contributed by atoms with van der Waals surface area (Å²) >= 11 is 0. The van der Waals surface area contributed by atoms with Gasteiger partial charge in [0, 0.05) is 44.0 Å². The molecule has 0 saturated carbocycles. The monoisotopic (exact) mass is 384 g/mol. The van der Waals surface area contributed by atoms with E-state index >= 15 is 0 Å². The fourth-order valence-corrected chi connectivity index (χ4v) is 4.17. The highest BCUT2D eigenvalue weighted by molar-refractivity contribution is 5.98. The van der Waals surface area contributed by atoms with Crippen LogP contribution in [0.3, 0.4) is 0 Å². The molecule has 2 amide bonds. The van der Waals surface area contributed by atoms with E-state index in [1.807, 2.05) is 17.0 Å². The first-order valence-electron chi connectivity index (χ1n) is 10.6. The maximum atomic E-state index is 12.4. The number of piperidine rings is 1. The second-order valence-corrected chi connectivity index (χ2v) is 8.58. The van der Waals surface area contributed by atoms with Crippen molar-refractivity contribution in [1.29, 1.82) is 0 Å². The zero-order chi connectivity index (χ0) is 20.1. The number of Topliss-reactive ketones (excluding diaryl/α,β-unsaturated/α-hetero) is 1. The standard InChI is InChI=1S/C23H32N2O3/c1-16(2)14-23(28)25-12-10-20(11-13-25)24-22(27)9-8-21(26)19-7-6-17-4-3-5-18(17)15-19/h6-7,15-16,20H,3-5,8-14H2,1-2H3,(H,24,27). The summed E-state index contributed by atoms with van der Waals surface area (Å²) in [5, 5.41) is 3.04. The SMILES string of the molecule is CC(C)CC(=O)N1CCC(NC(=O)CCC(=O)c2ccc3c(c2)CCC3)CC1. The van der Waals surface area contributed by atoms with Crippen molar-refractivity contribution >= 4 is 17.6 Å². The quantitative estimate of drug-likeness (QED) is 0.734. The lowest BCUT2D eigenvalue weighted by Crippen LogP contribution is -2.46. The summed E-state index contributed by atoms with van der Waals surface area (Å²) in [5.74, 6) is 0.549. The van der Waals surface area contributed by atoms with Gasteiger partial charge in [-0.25, -0.2) is 0 Å². The van der Waals surface area contributed by atoms with Gasteiger partial charge in [-0.15, -0.1) is 0 Å². The molecule has 1 aliphatic carbocycles. The molecule has 152 valence electrons. The summed E-state index contributed by atoms with van der Waals surface area (Å²) in [6.45, 7) is 5.50. The zero-order valence-corrected chi connectivity index (χ0v) is 17.1. The Labute approximate surface area is 167 Å². The average molecular weight is 385 g/mol. The molecule has 0 aromatic heterocycles. The number of hydrogen-bond donors (Lipinski definition) is 1. The van der Waals surface area contributed by atoms with Crippen molar-refractivity contribution in [3.05, 3.63) is 34.9 Å². The third kappa shape index (κ3) is 5.43. The number of amides is 2. The van der Waals surface area contributed by atoms with Crippen LogP contribution >= 0.6 is 0 Å². The lowest BCUT2D eigenvalue weighted by molar-refractivity contribution is -0.133. The Balaban J connectivity index is 1.39. The molecule has 0 bridgehead atoms. The van der Waals surface area contributed by atoms with Gasteiger partial charge >= 0.3 is 0 Å². The number of benzene rings is 1. The highest BCUT2D eigenvalue weighted by Crippen LogP contribution is 2.23. The third-order valence-electron chi connectivity index (χ3n) is 5.80. The topological polar surface area (TPSA) is 66.5 Å². The highest BCUT2D eigenvalue weighted by Gasteiger charge is 2.24. The first-order chi connectivity index (χ1) is 13.4. The molecule has 5 nitrogen and oxygen atoms in total. The summed E-state index contributed by atoms with van der Waals surface area (Å²) in [4.78, 5) is 38.7. The number of carbonyl (C=O) groups excluding carboxylic acids is 3. The maximum Gasteiger partial charge on any atom is 0.222 e. The minimum Gasteiger partial charge on any atom is -0.353 e. The molecule has 1 heterocycles.